The number of hydrogen-bond donors (Lipinski definition) is 0. The average molecular weight is 464 g/mol. The summed E-state index contributed by atoms with van der Waals surface area (Å²) in [6, 6.07) is 19.3. The molecule has 32 heavy (non-hydrogen) atoms. The van der Waals surface area contributed by atoms with Crippen LogP contribution in [0.3, 0.4) is 0 Å². The molecule has 0 saturated carbocycles. The zero-order chi connectivity index (χ0) is 22.7. The van der Waals surface area contributed by atoms with E-state index >= 15 is 0 Å². The number of carbonyl (C=O) groups is 2. The van der Waals surface area contributed by atoms with E-state index in [1.165, 1.54) is 0 Å². The Labute approximate surface area is 197 Å². The van der Waals surface area contributed by atoms with Crippen LogP contribution in [0.1, 0.15) is 30.9 Å². The van der Waals surface area contributed by atoms with Crippen molar-refractivity contribution >= 4 is 11.9 Å². The van der Waals surface area contributed by atoms with E-state index in [2.05, 4.69) is 0 Å². The summed E-state index contributed by atoms with van der Waals surface area (Å²) >= 11 is 0. The first-order chi connectivity index (χ1) is 14.7. The molecule has 2 unspecified atom stereocenters. The number of rotatable bonds is 12. The van der Waals surface area contributed by atoms with Crippen LogP contribution in [0, 0.1) is 0 Å². The summed E-state index contributed by atoms with van der Waals surface area (Å²) in [7, 11) is 5.96. The van der Waals surface area contributed by atoms with Crippen LogP contribution >= 0.6 is 0 Å². The van der Waals surface area contributed by atoms with Gasteiger partial charge in [0.1, 0.15) is 13.2 Å². The molecule has 0 bridgehead atoms. The fraction of sp³-hybridized carbons (Fsp3) is 0.440. The highest BCUT2D eigenvalue weighted by Gasteiger charge is 2.26. The van der Waals surface area contributed by atoms with Gasteiger partial charge in [-0.25, -0.2) is 0 Å². The Balaban J connectivity index is 0.00000512. The van der Waals surface area contributed by atoms with E-state index in [0.717, 1.165) is 11.1 Å². The molecule has 0 heterocycles. The molecular formula is C25H34ClNO5. The maximum absolute atomic E-state index is 12.5. The number of carbonyl (C=O) groups excluding carboxylic acids is 2. The summed E-state index contributed by atoms with van der Waals surface area (Å²) < 4.78 is 17.3. The summed E-state index contributed by atoms with van der Waals surface area (Å²) in [5.74, 6) is -0.765. The quantitative estimate of drug-likeness (QED) is 0.343. The Kier molecular flexibility index (Phi) is 12.0. The third-order valence-corrected chi connectivity index (χ3v) is 4.52. The van der Waals surface area contributed by atoms with Crippen LogP contribution in [0.2, 0.25) is 0 Å². The van der Waals surface area contributed by atoms with Crippen molar-refractivity contribution in [3.8, 4) is 0 Å². The van der Waals surface area contributed by atoms with Gasteiger partial charge in [-0.2, -0.15) is 0 Å². The molecule has 176 valence electrons. The summed E-state index contributed by atoms with van der Waals surface area (Å²) in [4.78, 5) is 24.8. The SMILES string of the molecule is CC(CC(=O)OC(CC(=O)OCc1ccccc1)C[N+](C)(C)C)OCc1ccccc1.[Cl-]. The third-order valence-electron chi connectivity index (χ3n) is 4.52. The second kappa shape index (κ2) is 13.9. The molecule has 0 N–H and O–H groups in total. The molecule has 2 aromatic carbocycles. The van der Waals surface area contributed by atoms with Gasteiger partial charge in [0.25, 0.3) is 0 Å². The summed E-state index contributed by atoms with van der Waals surface area (Å²) in [6.45, 7) is 2.98. The monoisotopic (exact) mass is 463 g/mol. The molecule has 7 heteroatoms. The number of halogens is 1. The minimum Gasteiger partial charge on any atom is -1.00 e. The molecule has 0 fully saturated rings. The molecule has 0 radical (unpaired) electrons. The third kappa shape index (κ3) is 11.8. The van der Waals surface area contributed by atoms with Gasteiger partial charge in [-0.1, -0.05) is 60.7 Å². The Morgan fingerprint density at radius 1 is 0.812 bits per heavy atom. The average Bonchev–Trinajstić information content (AvgIpc) is 2.71. The molecule has 0 aromatic heterocycles. The fourth-order valence-electron chi connectivity index (χ4n) is 3.08. The van der Waals surface area contributed by atoms with E-state index < -0.39 is 6.10 Å². The van der Waals surface area contributed by atoms with Gasteiger partial charge in [-0.3, -0.25) is 9.59 Å². The molecule has 0 aliphatic rings. The van der Waals surface area contributed by atoms with Crippen molar-refractivity contribution in [2.45, 2.75) is 45.2 Å². The first kappa shape index (κ1) is 27.6. The van der Waals surface area contributed by atoms with Crippen LogP contribution in [0.4, 0.5) is 0 Å². The smallest absolute Gasteiger partial charge is 0.310 e. The zero-order valence-electron chi connectivity index (χ0n) is 19.3. The molecule has 0 aliphatic heterocycles. The van der Waals surface area contributed by atoms with Crippen molar-refractivity contribution in [2.75, 3.05) is 27.7 Å². The first-order valence-electron chi connectivity index (χ1n) is 10.6. The van der Waals surface area contributed by atoms with Crippen molar-refractivity contribution < 1.29 is 40.7 Å². The highest BCUT2D eigenvalue weighted by Crippen LogP contribution is 2.12. The van der Waals surface area contributed by atoms with Crippen molar-refractivity contribution in [1.29, 1.82) is 0 Å². The van der Waals surface area contributed by atoms with Gasteiger partial charge in [0.15, 0.2) is 6.10 Å². The molecule has 6 nitrogen and oxygen atoms in total. The van der Waals surface area contributed by atoms with E-state index in [4.69, 9.17) is 14.2 Å². The Hall–Kier alpha value is -2.41. The second-order valence-electron chi connectivity index (χ2n) is 8.75. The lowest BCUT2D eigenvalue weighted by Gasteiger charge is -2.29. The molecule has 2 atom stereocenters. The van der Waals surface area contributed by atoms with Gasteiger partial charge in [-0.15, -0.1) is 0 Å². The van der Waals surface area contributed by atoms with Crippen LogP contribution in [-0.2, 0) is 37.0 Å². The maximum atomic E-state index is 12.5. The molecule has 2 rings (SSSR count). The van der Waals surface area contributed by atoms with Crippen molar-refractivity contribution in [3.05, 3.63) is 71.8 Å². The maximum Gasteiger partial charge on any atom is 0.310 e. The van der Waals surface area contributed by atoms with Crippen LogP contribution in [-0.4, -0.2) is 56.3 Å². The summed E-state index contributed by atoms with van der Waals surface area (Å²) in [6.07, 6.45) is -0.702. The summed E-state index contributed by atoms with van der Waals surface area (Å²) in [5, 5.41) is 0. The van der Waals surface area contributed by atoms with Crippen LogP contribution in [0.15, 0.2) is 60.7 Å². The number of quaternary nitrogens is 1. The molecule has 2 aromatic rings. The van der Waals surface area contributed by atoms with Crippen molar-refractivity contribution in [1.82, 2.24) is 0 Å². The normalized spacial score (nSPS) is 12.9. The minimum absolute atomic E-state index is 0. The topological polar surface area (TPSA) is 61.8 Å². The van der Waals surface area contributed by atoms with Crippen LogP contribution in [0.5, 0.6) is 0 Å². The van der Waals surface area contributed by atoms with E-state index in [9.17, 15) is 9.59 Å². The number of nitrogens with zero attached hydrogens (tertiary/aromatic N) is 1. The van der Waals surface area contributed by atoms with E-state index in [1.807, 2.05) is 88.7 Å². The van der Waals surface area contributed by atoms with Gasteiger partial charge in [0.2, 0.25) is 0 Å². The second-order valence-corrected chi connectivity index (χ2v) is 8.75. The fourth-order valence-corrected chi connectivity index (χ4v) is 3.08. The summed E-state index contributed by atoms with van der Waals surface area (Å²) in [5.41, 5.74) is 1.96. The van der Waals surface area contributed by atoms with Gasteiger partial charge < -0.3 is 31.1 Å². The van der Waals surface area contributed by atoms with Gasteiger partial charge in [0, 0.05) is 0 Å². The van der Waals surface area contributed by atoms with E-state index in [-0.39, 0.29) is 49.9 Å². The van der Waals surface area contributed by atoms with E-state index in [0.29, 0.717) is 17.6 Å². The van der Waals surface area contributed by atoms with Crippen molar-refractivity contribution in [3.63, 3.8) is 0 Å². The molecule has 0 amide bonds. The van der Waals surface area contributed by atoms with E-state index in [1.54, 1.807) is 0 Å². The van der Waals surface area contributed by atoms with Crippen LogP contribution < -0.4 is 12.4 Å². The Bertz CT molecular complexity index is 808. The van der Waals surface area contributed by atoms with Gasteiger partial charge in [0.05, 0.1) is 46.7 Å². The number of likely N-dealkylation sites (N-methyl/N-ethyl adjacent to an activating group) is 1. The lowest BCUT2D eigenvalue weighted by Crippen LogP contribution is -3.00. The first-order valence-corrected chi connectivity index (χ1v) is 10.6. The predicted molar refractivity (Wildman–Crippen MR) is 119 cm³/mol. The largest absolute Gasteiger partial charge is 1.00 e. The standard InChI is InChI=1S/C25H34NO5.ClH/c1-20(29-18-21-11-7-5-8-12-21)15-25(28)31-23(17-26(2,3)4)16-24(27)30-19-22-13-9-6-10-14-22;/h5-14,20,23H,15-19H2,1-4H3;1H/q+1;/p-1. The minimum atomic E-state index is -0.558. The van der Waals surface area contributed by atoms with Crippen LogP contribution in [0.25, 0.3) is 0 Å². The lowest BCUT2D eigenvalue weighted by atomic mass is 10.2. The lowest BCUT2D eigenvalue weighted by molar-refractivity contribution is -0.873. The molecule has 0 saturated heterocycles. The molecular weight excluding hydrogens is 430 g/mol. The highest BCUT2D eigenvalue weighted by molar-refractivity contribution is 5.72. The highest BCUT2D eigenvalue weighted by atomic mass is 35.5. The van der Waals surface area contributed by atoms with Gasteiger partial charge >= 0.3 is 11.9 Å². The molecule has 0 spiro atoms. The number of ether oxygens (including phenoxy) is 3. The number of esters is 2. The Morgan fingerprint density at radius 3 is 1.88 bits per heavy atom. The predicted octanol–water partition coefficient (Wildman–Crippen LogP) is 0.737. The van der Waals surface area contributed by atoms with Crippen molar-refractivity contribution in [2.24, 2.45) is 0 Å². The molecule has 0 aliphatic carbocycles. The number of benzene rings is 2. The Morgan fingerprint density at radius 2 is 1.34 bits per heavy atom. The van der Waals surface area contributed by atoms with Gasteiger partial charge in [-0.05, 0) is 18.1 Å². The number of hydrogen-bond acceptors (Lipinski definition) is 5. The zero-order valence-corrected chi connectivity index (χ0v) is 20.1.